The second-order valence-corrected chi connectivity index (χ2v) is 4.67. The Bertz CT molecular complexity index is 598. The Morgan fingerprint density at radius 1 is 1.28 bits per heavy atom. The van der Waals surface area contributed by atoms with E-state index in [1.54, 1.807) is 18.3 Å². The number of aryl methyl sites for hydroxylation is 1. The summed E-state index contributed by atoms with van der Waals surface area (Å²) in [4.78, 5) is 13.4. The summed E-state index contributed by atoms with van der Waals surface area (Å²) in [5.41, 5.74) is 2.99. The van der Waals surface area contributed by atoms with E-state index < -0.39 is 0 Å². The molecule has 0 atom stereocenters. The lowest BCUT2D eigenvalue weighted by Crippen LogP contribution is -2.04. The first-order valence-corrected chi connectivity index (χ1v) is 6.36. The Balaban J connectivity index is 2.17. The van der Waals surface area contributed by atoms with E-state index in [-0.39, 0.29) is 0 Å². The van der Waals surface area contributed by atoms with Gasteiger partial charge >= 0.3 is 0 Å². The maximum Gasteiger partial charge on any atom is 0.181 e. The zero-order chi connectivity index (χ0) is 12.5. The Morgan fingerprint density at radius 2 is 2.17 bits per heavy atom. The van der Waals surface area contributed by atoms with Gasteiger partial charge in [0.1, 0.15) is 11.5 Å². The van der Waals surface area contributed by atoms with E-state index in [1.807, 2.05) is 7.05 Å². The molecule has 0 saturated heterocycles. The van der Waals surface area contributed by atoms with Crippen molar-refractivity contribution in [2.24, 2.45) is 0 Å². The lowest BCUT2D eigenvalue weighted by atomic mass is 10.2. The minimum absolute atomic E-state index is 0.581. The van der Waals surface area contributed by atoms with Gasteiger partial charge in [-0.2, -0.15) is 0 Å². The molecular formula is C13H13ClN4. The van der Waals surface area contributed by atoms with Gasteiger partial charge in [-0.25, -0.2) is 9.97 Å². The van der Waals surface area contributed by atoms with Crippen LogP contribution in [0.1, 0.15) is 17.7 Å². The number of hydrogen-bond donors (Lipinski definition) is 1. The first-order valence-electron chi connectivity index (χ1n) is 5.98. The number of anilines is 1. The van der Waals surface area contributed by atoms with Crippen LogP contribution in [-0.2, 0) is 12.8 Å². The highest BCUT2D eigenvalue weighted by molar-refractivity contribution is 6.32. The molecule has 0 saturated carbocycles. The average Bonchev–Trinajstić information content (AvgIpc) is 2.86. The van der Waals surface area contributed by atoms with Gasteiger partial charge in [0.25, 0.3) is 0 Å². The molecule has 2 aromatic heterocycles. The van der Waals surface area contributed by atoms with E-state index in [0.29, 0.717) is 16.5 Å². The first kappa shape index (κ1) is 11.4. The predicted octanol–water partition coefficient (Wildman–Crippen LogP) is 2.72. The van der Waals surface area contributed by atoms with Crippen LogP contribution in [0.5, 0.6) is 0 Å². The number of rotatable bonds is 2. The van der Waals surface area contributed by atoms with Crippen LogP contribution >= 0.6 is 11.6 Å². The SMILES string of the molecule is CNc1nc(-c2ncccc2Cl)nc2c1CCC2. The summed E-state index contributed by atoms with van der Waals surface area (Å²) < 4.78 is 0. The molecular weight excluding hydrogens is 248 g/mol. The van der Waals surface area contributed by atoms with Gasteiger partial charge in [0, 0.05) is 24.5 Å². The molecule has 0 fully saturated rings. The Morgan fingerprint density at radius 3 is 2.94 bits per heavy atom. The summed E-state index contributed by atoms with van der Waals surface area (Å²) in [6, 6.07) is 3.61. The van der Waals surface area contributed by atoms with Gasteiger partial charge in [0.2, 0.25) is 0 Å². The first-order chi connectivity index (χ1) is 8.79. The van der Waals surface area contributed by atoms with Gasteiger partial charge in [-0.05, 0) is 31.4 Å². The third-order valence-corrected chi connectivity index (χ3v) is 3.45. The van der Waals surface area contributed by atoms with Gasteiger partial charge < -0.3 is 5.32 Å². The minimum Gasteiger partial charge on any atom is -0.373 e. The number of aromatic nitrogens is 3. The number of nitrogens with zero attached hydrogens (tertiary/aromatic N) is 3. The fraction of sp³-hybridized carbons (Fsp3) is 0.308. The fourth-order valence-corrected chi connectivity index (χ4v) is 2.50. The Labute approximate surface area is 110 Å². The van der Waals surface area contributed by atoms with Crippen molar-refractivity contribution in [1.82, 2.24) is 15.0 Å². The molecule has 92 valence electrons. The second-order valence-electron chi connectivity index (χ2n) is 4.26. The molecule has 1 N–H and O–H groups in total. The summed E-state index contributed by atoms with van der Waals surface area (Å²) in [5, 5.41) is 3.72. The van der Waals surface area contributed by atoms with Crippen LogP contribution < -0.4 is 5.32 Å². The van der Waals surface area contributed by atoms with Gasteiger partial charge in [-0.1, -0.05) is 11.6 Å². The Kier molecular flexibility index (Phi) is 2.88. The molecule has 3 rings (SSSR count). The number of nitrogens with one attached hydrogen (secondary N) is 1. The van der Waals surface area contributed by atoms with Crippen molar-refractivity contribution >= 4 is 17.4 Å². The second kappa shape index (κ2) is 4.53. The van der Waals surface area contributed by atoms with Crippen LogP contribution in [-0.4, -0.2) is 22.0 Å². The van der Waals surface area contributed by atoms with Crippen LogP contribution in [0.15, 0.2) is 18.3 Å². The topological polar surface area (TPSA) is 50.7 Å². The molecule has 0 bridgehead atoms. The largest absolute Gasteiger partial charge is 0.373 e. The summed E-state index contributed by atoms with van der Waals surface area (Å²) >= 11 is 6.14. The highest BCUT2D eigenvalue weighted by Gasteiger charge is 2.20. The molecule has 4 nitrogen and oxygen atoms in total. The van der Waals surface area contributed by atoms with Crippen molar-refractivity contribution in [3.8, 4) is 11.5 Å². The maximum absolute atomic E-state index is 6.14. The van der Waals surface area contributed by atoms with Crippen LogP contribution in [0.2, 0.25) is 5.02 Å². The smallest absolute Gasteiger partial charge is 0.181 e. The lowest BCUT2D eigenvalue weighted by molar-refractivity contribution is 0.899. The van der Waals surface area contributed by atoms with Crippen LogP contribution in [0.25, 0.3) is 11.5 Å². The molecule has 0 aliphatic heterocycles. The van der Waals surface area contributed by atoms with Crippen molar-refractivity contribution in [3.63, 3.8) is 0 Å². The van der Waals surface area contributed by atoms with Gasteiger partial charge in [-0.15, -0.1) is 0 Å². The zero-order valence-corrected chi connectivity index (χ0v) is 10.8. The molecule has 0 unspecified atom stereocenters. The molecule has 18 heavy (non-hydrogen) atoms. The van der Waals surface area contributed by atoms with E-state index in [1.165, 1.54) is 5.56 Å². The van der Waals surface area contributed by atoms with Crippen molar-refractivity contribution in [2.45, 2.75) is 19.3 Å². The lowest BCUT2D eigenvalue weighted by Gasteiger charge is -2.09. The average molecular weight is 261 g/mol. The zero-order valence-electron chi connectivity index (χ0n) is 10.1. The number of halogens is 1. The van der Waals surface area contributed by atoms with Crippen molar-refractivity contribution in [1.29, 1.82) is 0 Å². The molecule has 2 heterocycles. The summed E-state index contributed by atoms with van der Waals surface area (Å²) in [7, 11) is 1.88. The quantitative estimate of drug-likeness (QED) is 0.902. The van der Waals surface area contributed by atoms with E-state index in [0.717, 1.165) is 30.8 Å². The summed E-state index contributed by atoms with van der Waals surface area (Å²) in [5.74, 6) is 1.50. The minimum atomic E-state index is 0.581. The number of hydrogen-bond acceptors (Lipinski definition) is 4. The highest BCUT2D eigenvalue weighted by atomic mass is 35.5. The van der Waals surface area contributed by atoms with Crippen molar-refractivity contribution < 1.29 is 0 Å². The van der Waals surface area contributed by atoms with E-state index in [4.69, 9.17) is 11.6 Å². The third kappa shape index (κ3) is 1.82. The molecule has 1 aliphatic carbocycles. The Hall–Kier alpha value is -1.68. The predicted molar refractivity (Wildman–Crippen MR) is 71.8 cm³/mol. The summed E-state index contributed by atoms with van der Waals surface area (Å²) in [6.45, 7) is 0. The molecule has 0 radical (unpaired) electrons. The molecule has 0 amide bonds. The fourth-order valence-electron chi connectivity index (χ4n) is 2.30. The molecule has 0 spiro atoms. The molecule has 0 aromatic carbocycles. The van der Waals surface area contributed by atoms with Gasteiger partial charge in [-0.3, -0.25) is 4.98 Å². The van der Waals surface area contributed by atoms with E-state index in [9.17, 15) is 0 Å². The standard InChI is InChI=1S/C13H13ClN4/c1-15-12-8-4-2-6-10(8)17-13(18-12)11-9(14)5-3-7-16-11/h3,5,7H,2,4,6H2,1H3,(H,15,17,18). The number of pyridine rings is 1. The van der Waals surface area contributed by atoms with E-state index in [2.05, 4.69) is 20.3 Å². The molecule has 5 heteroatoms. The normalized spacial score (nSPS) is 13.4. The molecule has 1 aliphatic rings. The summed E-state index contributed by atoms with van der Waals surface area (Å²) in [6.07, 6.45) is 4.89. The maximum atomic E-state index is 6.14. The van der Waals surface area contributed by atoms with Crippen LogP contribution in [0.3, 0.4) is 0 Å². The van der Waals surface area contributed by atoms with Crippen molar-refractivity contribution in [2.75, 3.05) is 12.4 Å². The highest BCUT2D eigenvalue weighted by Crippen LogP contribution is 2.30. The third-order valence-electron chi connectivity index (χ3n) is 3.14. The number of fused-ring (bicyclic) bond motifs is 1. The van der Waals surface area contributed by atoms with Crippen LogP contribution in [0, 0.1) is 0 Å². The van der Waals surface area contributed by atoms with E-state index >= 15 is 0 Å². The van der Waals surface area contributed by atoms with Gasteiger partial charge in [0.15, 0.2) is 5.82 Å². The monoisotopic (exact) mass is 260 g/mol. The van der Waals surface area contributed by atoms with Crippen LogP contribution in [0.4, 0.5) is 5.82 Å². The molecule has 2 aromatic rings. The van der Waals surface area contributed by atoms with Crippen molar-refractivity contribution in [3.05, 3.63) is 34.6 Å². The van der Waals surface area contributed by atoms with Gasteiger partial charge in [0.05, 0.1) is 5.02 Å².